The van der Waals surface area contributed by atoms with Crippen molar-refractivity contribution in [1.82, 2.24) is 15.0 Å². The van der Waals surface area contributed by atoms with Crippen molar-refractivity contribution in [3.8, 4) is 0 Å². The van der Waals surface area contributed by atoms with Crippen LogP contribution in [0, 0.1) is 0 Å². The van der Waals surface area contributed by atoms with Crippen LogP contribution in [0.25, 0.3) is 0 Å². The van der Waals surface area contributed by atoms with Crippen LogP contribution in [0.2, 0.25) is 0 Å². The molecule has 102 valence electrons. The van der Waals surface area contributed by atoms with Crippen molar-refractivity contribution in [1.29, 1.82) is 0 Å². The molecule has 2 N–H and O–H groups in total. The predicted octanol–water partition coefficient (Wildman–Crippen LogP) is 2.69. The molecule has 0 aliphatic carbocycles. The molecule has 0 bridgehead atoms. The molecule has 1 aromatic heterocycles. The van der Waals surface area contributed by atoms with Crippen LogP contribution in [-0.2, 0) is 13.1 Å². The molecule has 0 amide bonds. The summed E-state index contributed by atoms with van der Waals surface area (Å²) in [6.07, 6.45) is 2.18. The first-order chi connectivity index (χ1) is 9.30. The van der Waals surface area contributed by atoms with Gasteiger partial charge in [0.15, 0.2) is 0 Å². The molecule has 1 aromatic carbocycles. The second kappa shape index (κ2) is 6.48. The van der Waals surface area contributed by atoms with E-state index >= 15 is 0 Å². The maximum Gasteiger partial charge on any atom is 0.0997 e. The highest BCUT2D eigenvalue weighted by Crippen LogP contribution is 2.25. The van der Waals surface area contributed by atoms with Crippen LogP contribution in [-0.4, -0.2) is 15.0 Å². The van der Waals surface area contributed by atoms with Crippen molar-refractivity contribution in [2.45, 2.75) is 45.7 Å². The Balaban J connectivity index is 2.32. The van der Waals surface area contributed by atoms with Crippen LogP contribution in [0.1, 0.15) is 49.6 Å². The molecular formula is C15H22N4. The van der Waals surface area contributed by atoms with E-state index in [4.69, 9.17) is 5.73 Å². The van der Waals surface area contributed by atoms with Gasteiger partial charge in [-0.2, -0.15) is 0 Å². The maximum absolute atomic E-state index is 5.79. The lowest BCUT2D eigenvalue weighted by Gasteiger charge is -2.15. The van der Waals surface area contributed by atoms with Crippen LogP contribution >= 0.6 is 0 Å². The van der Waals surface area contributed by atoms with Gasteiger partial charge in [0, 0.05) is 12.5 Å². The Bertz CT molecular complexity index is 500. The van der Waals surface area contributed by atoms with Crippen LogP contribution in [0.3, 0.4) is 0 Å². The summed E-state index contributed by atoms with van der Waals surface area (Å²) < 4.78 is 2.01. The van der Waals surface area contributed by atoms with Crippen LogP contribution in [0.5, 0.6) is 0 Å². The SMILES string of the molecule is CCC(CC)c1c(CN)nnn1Cc1ccccc1. The maximum atomic E-state index is 5.79. The summed E-state index contributed by atoms with van der Waals surface area (Å²) in [4.78, 5) is 0. The molecule has 0 radical (unpaired) electrons. The summed E-state index contributed by atoms with van der Waals surface area (Å²) in [5, 5.41) is 8.52. The van der Waals surface area contributed by atoms with E-state index in [2.05, 4.69) is 36.3 Å². The summed E-state index contributed by atoms with van der Waals surface area (Å²) in [6, 6.07) is 10.3. The molecule has 0 saturated carbocycles. The monoisotopic (exact) mass is 258 g/mol. The fourth-order valence-electron chi connectivity index (χ4n) is 2.50. The van der Waals surface area contributed by atoms with Crippen molar-refractivity contribution >= 4 is 0 Å². The smallest absolute Gasteiger partial charge is 0.0997 e. The summed E-state index contributed by atoms with van der Waals surface area (Å²) in [7, 11) is 0. The summed E-state index contributed by atoms with van der Waals surface area (Å²) >= 11 is 0. The van der Waals surface area contributed by atoms with Gasteiger partial charge in [0.1, 0.15) is 0 Å². The Morgan fingerprint density at radius 3 is 2.42 bits per heavy atom. The van der Waals surface area contributed by atoms with Gasteiger partial charge in [-0.05, 0) is 18.4 Å². The van der Waals surface area contributed by atoms with E-state index in [1.54, 1.807) is 0 Å². The first-order valence-electron chi connectivity index (χ1n) is 6.96. The Labute approximate surface area is 114 Å². The molecule has 0 saturated heterocycles. The Hall–Kier alpha value is -1.68. The molecule has 0 spiro atoms. The van der Waals surface area contributed by atoms with Crippen LogP contribution in [0.15, 0.2) is 30.3 Å². The number of benzene rings is 1. The Morgan fingerprint density at radius 1 is 1.16 bits per heavy atom. The molecule has 2 aromatic rings. The van der Waals surface area contributed by atoms with Crippen LogP contribution < -0.4 is 5.73 Å². The lowest BCUT2D eigenvalue weighted by Crippen LogP contribution is -2.12. The number of aromatic nitrogens is 3. The first-order valence-corrected chi connectivity index (χ1v) is 6.96. The van der Waals surface area contributed by atoms with E-state index in [0.29, 0.717) is 12.5 Å². The van der Waals surface area contributed by atoms with Crippen molar-refractivity contribution < 1.29 is 0 Å². The van der Waals surface area contributed by atoms with E-state index in [0.717, 1.165) is 25.1 Å². The Kier molecular flexibility index (Phi) is 4.68. The van der Waals surface area contributed by atoms with Gasteiger partial charge in [-0.25, -0.2) is 4.68 Å². The molecule has 4 heteroatoms. The van der Waals surface area contributed by atoms with Crippen molar-refractivity contribution in [3.63, 3.8) is 0 Å². The van der Waals surface area contributed by atoms with E-state index < -0.39 is 0 Å². The molecule has 0 unspecified atom stereocenters. The van der Waals surface area contributed by atoms with E-state index in [9.17, 15) is 0 Å². The number of nitrogens with zero attached hydrogens (tertiary/aromatic N) is 3. The molecule has 0 atom stereocenters. The second-order valence-corrected chi connectivity index (χ2v) is 4.78. The summed E-state index contributed by atoms with van der Waals surface area (Å²) in [5.74, 6) is 0.484. The van der Waals surface area contributed by atoms with Gasteiger partial charge < -0.3 is 5.73 Å². The van der Waals surface area contributed by atoms with Crippen molar-refractivity contribution in [3.05, 3.63) is 47.3 Å². The summed E-state index contributed by atoms with van der Waals surface area (Å²) in [5.41, 5.74) is 9.17. The number of hydrogen-bond donors (Lipinski definition) is 1. The van der Waals surface area contributed by atoms with Gasteiger partial charge in [-0.15, -0.1) is 5.10 Å². The zero-order valence-electron chi connectivity index (χ0n) is 11.7. The number of hydrogen-bond acceptors (Lipinski definition) is 3. The van der Waals surface area contributed by atoms with Crippen molar-refractivity contribution in [2.24, 2.45) is 5.73 Å². The number of nitrogens with two attached hydrogens (primary N) is 1. The minimum absolute atomic E-state index is 0.459. The first kappa shape index (κ1) is 13.7. The number of rotatable bonds is 6. The lowest BCUT2D eigenvalue weighted by atomic mass is 9.97. The third-order valence-corrected chi connectivity index (χ3v) is 3.59. The predicted molar refractivity (Wildman–Crippen MR) is 76.8 cm³/mol. The molecule has 1 heterocycles. The highest BCUT2D eigenvalue weighted by atomic mass is 15.4. The fraction of sp³-hybridized carbons (Fsp3) is 0.467. The lowest BCUT2D eigenvalue weighted by molar-refractivity contribution is 0.541. The van der Waals surface area contributed by atoms with Gasteiger partial charge in [-0.3, -0.25) is 0 Å². The van der Waals surface area contributed by atoms with Crippen molar-refractivity contribution in [2.75, 3.05) is 0 Å². The highest BCUT2D eigenvalue weighted by molar-refractivity contribution is 5.19. The minimum atomic E-state index is 0.459. The van der Waals surface area contributed by atoms with Gasteiger partial charge in [0.25, 0.3) is 0 Å². The third-order valence-electron chi connectivity index (χ3n) is 3.59. The average molecular weight is 258 g/mol. The van der Waals surface area contributed by atoms with Gasteiger partial charge in [0.05, 0.1) is 17.9 Å². The Morgan fingerprint density at radius 2 is 1.84 bits per heavy atom. The normalized spacial score (nSPS) is 11.2. The molecule has 19 heavy (non-hydrogen) atoms. The molecule has 0 aliphatic heterocycles. The zero-order valence-corrected chi connectivity index (χ0v) is 11.7. The molecule has 0 aliphatic rings. The largest absolute Gasteiger partial charge is 0.325 e. The third kappa shape index (κ3) is 3.01. The zero-order chi connectivity index (χ0) is 13.7. The van der Waals surface area contributed by atoms with E-state index in [-0.39, 0.29) is 0 Å². The average Bonchev–Trinajstić information content (AvgIpc) is 2.85. The minimum Gasteiger partial charge on any atom is -0.325 e. The molecule has 4 nitrogen and oxygen atoms in total. The van der Waals surface area contributed by atoms with Gasteiger partial charge >= 0.3 is 0 Å². The van der Waals surface area contributed by atoms with Crippen LogP contribution in [0.4, 0.5) is 0 Å². The second-order valence-electron chi connectivity index (χ2n) is 4.78. The van der Waals surface area contributed by atoms with Gasteiger partial charge in [0.2, 0.25) is 0 Å². The van der Waals surface area contributed by atoms with Gasteiger partial charge in [-0.1, -0.05) is 49.4 Å². The quantitative estimate of drug-likeness (QED) is 0.866. The molecular weight excluding hydrogens is 236 g/mol. The topological polar surface area (TPSA) is 56.7 Å². The fourth-order valence-corrected chi connectivity index (χ4v) is 2.50. The molecule has 2 rings (SSSR count). The summed E-state index contributed by atoms with van der Waals surface area (Å²) in [6.45, 7) is 5.63. The molecule has 0 fully saturated rings. The standard InChI is InChI=1S/C15H22N4/c1-3-13(4-2)15-14(10-16)17-18-19(15)11-12-8-6-5-7-9-12/h5-9,13H,3-4,10-11,16H2,1-2H3. The van der Waals surface area contributed by atoms with E-state index in [1.807, 2.05) is 22.9 Å². The highest BCUT2D eigenvalue weighted by Gasteiger charge is 2.19. The van der Waals surface area contributed by atoms with E-state index in [1.165, 1.54) is 11.3 Å².